The summed E-state index contributed by atoms with van der Waals surface area (Å²) in [5.41, 5.74) is 1.87. The summed E-state index contributed by atoms with van der Waals surface area (Å²) >= 11 is 0. The monoisotopic (exact) mass is 388 g/mol. The summed E-state index contributed by atoms with van der Waals surface area (Å²) in [6.45, 7) is 3.12. The number of aromatic nitrogens is 4. The molecule has 2 aromatic heterocycles. The van der Waals surface area contributed by atoms with E-state index in [-0.39, 0.29) is 11.5 Å². The standard InChI is InChI=1S/C22H20N4O3/c1-2-29-22(28)17-9-7-16(8-10-17)20-18-5-3-4-6-19(18)21(27)26(24-20)14-13-25-12-11-23-15-25/h3-12,15H,2,13-14H2,1H3. The molecule has 146 valence electrons. The Bertz CT molecular complexity index is 1200. The number of fused-ring (bicyclic) bond motifs is 1. The Balaban J connectivity index is 1.75. The quantitative estimate of drug-likeness (QED) is 0.474. The first-order chi connectivity index (χ1) is 14.2. The van der Waals surface area contributed by atoms with E-state index in [1.807, 2.05) is 47.2 Å². The molecule has 0 N–H and O–H groups in total. The highest BCUT2D eigenvalue weighted by atomic mass is 16.5. The molecule has 29 heavy (non-hydrogen) atoms. The van der Waals surface area contributed by atoms with Crippen LogP contribution in [0.25, 0.3) is 22.0 Å². The Morgan fingerprint density at radius 1 is 1.03 bits per heavy atom. The fourth-order valence-corrected chi connectivity index (χ4v) is 3.21. The molecule has 0 atom stereocenters. The maximum atomic E-state index is 12.9. The number of carbonyl (C=O) groups is 1. The van der Waals surface area contributed by atoms with Crippen LogP contribution in [0.2, 0.25) is 0 Å². The van der Waals surface area contributed by atoms with Crippen molar-refractivity contribution < 1.29 is 9.53 Å². The average molecular weight is 388 g/mol. The van der Waals surface area contributed by atoms with E-state index in [0.29, 0.717) is 36.3 Å². The molecule has 2 heterocycles. The van der Waals surface area contributed by atoms with Gasteiger partial charge >= 0.3 is 5.97 Å². The van der Waals surface area contributed by atoms with E-state index in [2.05, 4.69) is 10.1 Å². The van der Waals surface area contributed by atoms with Crippen LogP contribution in [0.1, 0.15) is 17.3 Å². The normalized spacial score (nSPS) is 10.9. The van der Waals surface area contributed by atoms with Gasteiger partial charge in [-0.25, -0.2) is 14.5 Å². The Hall–Kier alpha value is -3.74. The third-order valence-electron chi connectivity index (χ3n) is 4.67. The lowest BCUT2D eigenvalue weighted by molar-refractivity contribution is 0.0526. The summed E-state index contributed by atoms with van der Waals surface area (Å²) in [5, 5.41) is 6.02. The van der Waals surface area contributed by atoms with E-state index in [1.54, 1.807) is 31.6 Å². The Kier molecular flexibility index (Phi) is 5.20. The van der Waals surface area contributed by atoms with Crippen molar-refractivity contribution in [3.63, 3.8) is 0 Å². The number of carbonyl (C=O) groups excluding carboxylic acids is 1. The van der Waals surface area contributed by atoms with Gasteiger partial charge in [0.1, 0.15) is 0 Å². The van der Waals surface area contributed by atoms with Crippen molar-refractivity contribution in [2.24, 2.45) is 0 Å². The highest BCUT2D eigenvalue weighted by Gasteiger charge is 2.13. The molecule has 7 nitrogen and oxygen atoms in total. The summed E-state index contributed by atoms with van der Waals surface area (Å²) in [6.07, 6.45) is 5.26. The van der Waals surface area contributed by atoms with E-state index in [9.17, 15) is 9.59 Å². The van der Waals surface area contributed by atoms with Crippen molar-refractivity contribution in [2.45, 2.75) is 20.0 Å². The molecule has 4 aromatic rings. The molecule has 0 radical (unpaired) electrons. The van der Waals surface area contributed by atoms with Crippen molar-refractivity contribution in [3.05, 3.63) is 83.2 Å². The van der Waals surface area contributed by atoms with Crippen LogP contribution >= 0.6 is 0 Å². The molecule has 0 aliphatic heterocycles. The van der Waals surface area contributed by atoms with Gasteiger partial charge < -0.3 is 9.30 Å². The van der Waals surface area contributed by atoms with Gasteiger partial charge in [-0.3, -0.25) is 4.79 Å². The van der Waals surface area contributed by atoms with Gasteiger partial charge in [0.25, 0.3) is 5.56 Å². The van der Waals surface area contributed by atoms with Gasteiger partial charge in [0.05, 0.1) is 36.1 Å². The number of rotatable bonds is 6. The zero-order chi connectivity index (χ0) is 20.2. The number of benzene rings is 2. The summed E-state index contributed by atoms with van der Waals surface area (Å²) < 4.78 is 8.42. The van der Waals surface area contributed by atoms with Crippen LogP contribution in [0.3, 0.4) is 0 Å². The molecule has 4 rings (SSSR count). The molecule has 0 bridgehead atoms. The lowest BCUT2D eigenvalue weighted by atomic mass is 10.0. The Morgan fingerprint density at radius 3 is 2.48 bits per heavy atom. The molecule has 7 heteroatoms. The maximum absolute atomic E-state index is 12.9. The van der Waals surface area contributed by atoms with Crippen LogP contribution < -0.4 is 5.56 Å². The second kappa shape index (κ2) is 8.10. The number of ether oxygens (including phenoxy) is 1. The fraction of sp³-hybridized carbons (Fsp3) is 0.182. The minimum absolute atomic E-state index is 0.132. The van der Waals surface area contributed by atoms with Gasteiger partial charge in [-0.05, 0) is 25.1 Å². The predicted octanol–water partition coefficient (Wildman–Crippen LogP) is 3.14. The van der Waals surface area contributed by atoms with Crippen molar-refractivity contribution in [2.75, 3.05) is 6.61 Å². The molecule has 0 aliphatic carbocycles. The molecular formula is C22H20N4O3. The molecule has 0 saturated carbocycles. The molecule has 0 amide bonds. The van der Waals surface area contributed by atoms with Gasteiger partial charge in [0.2, 0.25) is 0 Å². The van der Waals surface area contributed by atoms with Crippen LogP contribution in [0, 0.1) is 0 Å². The molecule has 0 saturated heterocycles. The van der Waals surface area contributed by atoms with Crippen molar-refractivity contribution >= 4 is 16.7 Å². The van der Waals surface area contributed by atoms with Crippen LogP contribution in [0.15, 0.2) is 72.0 Å². The molecule has 0 aliphatic rings. The van der Waals surface area contributed by atoms with Gasteiger partial charge in [-0.15, -0.1) is 0 Å². The topological polar surface area (TPSA) is 79.0 Å². The number of aryl methyl sites for hydroxylation is 2. The van der Waals surface area contributed by atoms with Crippen LogP contribution in [0.5, 0.6) is 0 Å². The number of hydrogen-bond donors (Lipinski definition) is 0. The zero-order valence-corrected chi connectivity index (χ0v) is 16.0. The van der Waals surface area contributed by atoms with E-state index in [4.69, 9.17) is 4.74 Å². The highest BCUT2D eigenvalue weighted by Crippen LogP contribution is 2.25. The Labute approximate surface area is 167 Å². The van der Waals surface area contributed by atoms with Crippen molar-refractivity contribution in [3.8, 4) is 11.3 Å². The third kappa shape index (κ3) is 3.80. The summed E-state index contributed by atoms with van der Waals surface area (Å²) in [7, 11) is 0. The van der Waals surface area contributed by atoms with E-state index in [1.165, 1.54) is 4.68 Å². The number of imidazole rings is 1. The predicted molar refractivity (Wildman–Crippen MR) is 110 cm³/mol. The lowest BCUT2D eigenvalue weighted by Gasteiger charge is -2.12. The van der Waals surface area contributed by atoms with Gasteiger partial charge in [0.15, 0.2) is 0 Å². The summed E-state index contributed by atoms with van der Waals surface area (Å²) in [4.78, 5) is 28.8. The zero-order valence-electron chi connectivity index (χ0n) is 16.0. The molecule has 2 aromatic carbocycles. The minimum Gasteiger partial charge on any atom is -0.462 e. The number of esters is 1. The van der Waals surface area contributed by atoms with E-state index < -0.39 is 0 Å². The fourth-order valence-electron chi connectivity index (χ4n) is 3.21. The third-order valence-corrected chi connectivity index (χ3v) is 4.67. The van der Waals surface area contributed by atoms with Gasteiger partial charge in [-0.1, -0.05) is 30.3 Å². The second-order valence-electron chi connectivity index (χ2n) is 6.52. The van der Waals surface area contributed by atoms with Crippen molar-refractivity contribution in [1.29, 1.82) is 0 Å². The molecule has 0 fully saturated rings. The van der Waals surface area contributed by atoms with Crippen LogP contribution in [0.4, 0.5) is 0 Å². The number of hydrogen-bond acceptors (Lipinski definition) is 5. The Morgan fingerprint density at radius 2 is 1.79 bits per heavy atom. The van der Waals surface area contributed by atoms with Crippen LogP contribution in [-0.2, 0) is 17.8 Å². The highest BCUT2D eigenvalue weighted by molar-refractivity contribution is 5.95. The van der Waals surface area contributed by atoms with Gasteiger partial charge in [0, 0.05) is 29.9 Å². The first kappa shape index (κ1) is 18.6. The van der Waals surface area contributed by atoms with Crippen molar-refractivity contribution in [1.82, 2.24) is 19.3 Å². The first-order valence-electron chi connectivity index (χ1n) is 9.40. The van der Waals surface area contributed by atoms with E-state index in [0.717, 1.165) is 10.9 Å². The maximum Gasteiger partial charge on any atom is 0.338 e. The van der Waals surface area contributed by atoms with E-state index >= 15 is 0 Å². The van der Waals surface area contributed by atoms with Crippen LogP contribution in [-0.4, -0.2) is 31.9 Å². The molecule has 0 unspecified atom stereocenters. The second-order valence-corrected chi connectivity index (χ2v) is 6.52. The first-order valence-corrected chi connectivity index (χ1v) is 9.40. The molecular weight excluding hydrogens is 368 g/mol. The number of nitrogens with zero attached hydrogens (tertiary/aromatic N) is 4. The smallest absolute Gasteiger partial charge is 0.338 e. The SMILES string of the molecule is CCOC(=O)c1ccc(-c2nn(CCn3ccnc3)c(=O)c3ccccc23)cc1. The largest absolute Gasteiger partial charge is 0.462 e. The molecule has 0 spiro atoms. The lowest BCUT2D eigenvalue weighted by Crippen LogP contribution is -2.25. The minimum atomic E-state index is -0.359. The summed E-state index contributed by atoms with van der Waals surface area (Å²) in [6, 6.07) is 14.5. The van der Waals surface area contributed by atoms with Gasteiger partial charge in [-0.2, -0.15) is 5.10 Å². The average Bonchev–Trinajstić information content (AvgIpc) is 3.27. The summed E-state index contributed by atoms with van der Waals surface area (Å²) in [5.74, 6) is -0.359.